The van der Waals surface area contributed by atoms with Crippen LogP contribution in [0.4, 0.5) is 4.39 Å². The molecule has 0 fully saturated rings. The number of methoxy groups -OCH3 is 1. The summed E-state index contributed by atoms with van der Waals surface area (Å²) in [5.74, 6) is -0.715. The Morgan fingerprint density at radius 3 is 2.80 bits per heavy atom. The fourth-order valence-electron chi connectivity index (χ4n) is 1.07. The minimum Gasteiger partial charge on any atom is -0.481 e. The molecule has 1 rings (SSSR count). The molecule has 0 radical (unpaired) electrons. The van der Waals surface area contributed by atoms with Crippen LogP contribution in [-0.4, -0.2) is 28.4 Å². The van der Waals surface area contributed by atoms with Crippen molar-refractivity contribution >= 4 is 0 Å². The van der Waals surface area contributed by atoms with Crippen LogP contribution in [0.2, 0.25) is 0 Å². The summed E-state index contributed by atoms with van der Waals surface area (Å²) in [4.78, 5) is 3.56. The minimum absolute atomic E-state index is 0.0294. The molecule has 80 valence electrons. The average Bonchev–Trinajstić information content (AvgIpc) is 2.27. The highest BCUT2D eigenvalue weighted by Gasteiger charge is 2.22. The van der Waals surface area contributed by atoms with Gasteiger partial charge in [-0.15, -0.1) is 0 Å². The third-order valence-electron chi connectivity index (χ3n) is 1.79. The van der Waals surface area contributed by atoms with Gasteiger partial charge >= 0.3 is 0 Å². The zero-order valence-corrected chi connectivity index (χ0v) is 7.88. The van der Waals surface area contributed by atoms with Crippen LogP contribution in [0.3, 0.4) is 0 Å². The van der Waals surface area contributed by atoms with Crippen LogP contribution >= 0.6 is 0 Å². The quantitative estimate of drug-likeness (QED) is 0.696. The summed E-state index contributed by atoms with van der Waals surface area (Å²) >= 11 is 0. The van der Waals surface area contributed by atoms with Gasteiger partial charge in [-0.05, 0) is 6.07 Å². The molecule has 0 bridgehead atoms. The molecule has 0 aliphatic carbocycles. The maximum absolute atomic E-state index is 12.8. The number of hydrogen-bond donors (Lipinski definition) is 2. The molecule has 6 heteroatoms. The zero-order valence-electron chi connectivity index (χ0n) is 7.88. The lowest BCUT2D eigenvalue weighted by Crippen LogP contribution is -2.17. The lowest BCUT2D eigenvalue weighted by Gasteiger charge is -2.14. The number of nitrogens with zero attached hydrogens (tertiary/aromatic N) is 2. The van der Waals surface area contributed by atoms with Crippen LogP contribution in [0.25, 0.3) is 0 Å². The van der Waals surface area contributed by atoms with Gasteiger partial charge in [-0.1, -0.05) is 0 Å². The van der Waals surface area contributed by atoms with Crippen molar-refractivity contribution in [1.29, 1.82) is 5.26 Å². The van der Waals surface area contributed by atoms with Crippen LogP contribution in [0.5, 0.6) is 5.88 Å². The van der Waals surface area contributed by atoms with Crippen LogP contribution in [0.1, 0.15) is 11.7 Å². The van der Waals surface area contributed by atoms with Gasteiger partial charge in [0, 0.05) is 5.56 Å². The Labute approximate surface area is 85.4 Å². The van der Waals surface area contributed by atoms with E-state index in [1.165, 1.54) is 13.2 Å². The van der Waals surface area contributed by atoms with E-state index in [1.807, 2.05) is 0 Å². The predicted molar refractivity (Wildman–Crippen MR) is 47.3 cm³/mol. The number of aliphatic hydroxyl groups is 2. The molecule has 0 aliphatic rings. The number of hydrogen-bond acceptors (Lipinski definition) is 5. The van der Waals surface area contributed by atoms with Crippen LogP contribution in [0, 0.1) is 17.1 Å². The number of pyridine rings is 1. The van der Waals surface area contributed by atoms with E-state index in [-0.39, 0.29) is 11.4 Å². The van der Waals surface area contributed by atoms with Crippen LogP contribution in [0.15, 0.2) is 12.3 Å². The smallest absolute Gasteiger partial charge is 0.219 e. The van der Waals surface area contributed by atoms with Gasteiger partial charge in [0.15, 0.2) is 6.10 Å². The van der Waals surface area contributed by atoms with E-state index in [0.717, 1.165) is 12.3 Å². The lowest BCUT2D eigenvalue weighted by molar-refractivity contribution is 0.0504. The summed E-state index contributed by atoms with van der Waals surface area (Å²) in [7, 11) is 1.29. The molecular formula is C9H9FN2O3. The van der Waals surface area contributed by atoms with Crippen molar-refractivity contribution in [3.05, 3.63) is 23.6 Å². The predicted octanol–water partition coefficient (Wildman–Crippen LogP) is 0.147. The van der Waals surface area contributed by atoms with Gasteiger partial charge in [0.25, 0.3) is 0 Å². The number of halogens is 1. The summed E-state index contributed by atoms with van der Waals surface area (Å²) in [5, 5.41) is 26.9. The zero-order chi connectivity index (χ0) is 11.4. The van der Waals surface area contributed by atoms with E-state index in [0.29, 0.717) is 0 Å². The number of nitriles is 1. The Kier molecular flexibility index (Phi) is 3.55. The highest BCUT2D eigenvalue weighted by Crippen LogP contribution is 2.25. The highest BCUT2D eigenvalue weighted by atomic mass is 19.1. The maximum atomic E-state index is 12.8. The topological polar surface area (TPSA) is 86.4 Å². The largest absolute Gasteiger partial charge is 0.481 e. The first-order chi connectivity index (χ1) is 7.10. The molecule has 0 saturated carbocycles. The van der Waals surface area contributed by atoms with E-state index < -0.39 is 18.0 Å². The monoisotopic (exact) mass is 212 g/mol. The number of ether oxygens (including phenoxy) is 1. The molecule has 1 aromatic heterocycles. The van der Waals surface area contributed by atoms with Crippen molar-refractivity contribution in [2.45, 2.75) is 12.2 Å². The Bertz CT molecular complexity index is 391. The first kappa shape index (κ1) is 11.4. The van der Waals surface area contributed by atoms with E-state index in [1.54, 1.807) is 0 Å². The van der Waals surface area contributed by atoms with Gasteiger partial charge in [-0.25, -0.2) is 9.37 Å². The minimum atomic E-state index is -1.65. The van der Waals surface area contributed by atoms with Crippen molar-refractivity contribution in [3.63, 3.8) is 0 Å². The molecule has 0 saturated heterocycles. The second kappa shape index (κ2) is 4.68. The Balaban J connectivity index is 3.12. The van der Waals surface area contributed by atoms with Crippen molar-refractivity contribution in [1.82, 2.24) is 4.98 Å². The molecule has 5 nitrogen and oxygen atoms in total. The maximum Gasteiger partial charge on any atom is 0.219 e. The van der Waals surface area contributed by atoms with E-state index >= 15 is 0 Å². The van der Waals surface area contributed by atoms with Crippen molar-refractivity contribution in [2.24, 2.45) is 0 Å². The molecule has 2 N–H and O–H groups in total. The normalized spacial score (nSPS) is 14.1. The second-order valence-corrected chi connectivity index (χ2v) is 2.77. The number of aromatic nitrogens is 1. The Hall–Kier alpha value is -1.71. The van der Waals surface area contributed by atoms with Gasteiger partial charge in [-0.2, -0.15) is 5.26 Å². The van der Waals surface area contributed by atoms with Gasteiger partial charge < -0.3 is 14.9 Å². The first-order valence-electron chi connectivity index (χ1n) is 4.05. The van der Waals surface area contributed by atoms with E-state index in [9.17, 15) is 9.50 Å². The molecule has 15 heavy (non-hydrogen) atoms. The molecule has 2 unspecified atom stereocenters. The summed E-state index contributed by atoms with van der Waals surface area (Å²) in [6, 6.07) is 2.39. The van der Waals surface area contributed by atoms with Gasteiger partial charge in [-0.3, -0.25) is 0 Å². The molecule has 1 heterocycles. The van der Waals surface area contributed by atoms with Gasteiger partial charge in [0.1, 0.15) is 11.9 Å². The molecule has 1 aromatic rings. The Morgan fingerprint density at radius 2 is 2.27 bits per heavy atom. The Morgan fingerprint density at radius 1 is 1.60 bits per heavy atom. The molecule has 0 aromatic carbocycles. The molecule has 2 atom stereocenters. The lowest BCUT2D eigenvalue weighted by atomic mass is 10.1. The molecule has 0 amide bonds. The van der Waals surface area contributed by atoms with Crippen LogP contribution in [-0.2, 0) is 0 Å². The molecule has 0 aliphatic heterocycles. The SMILES string of the molecule is COc1ncc(F)cc1C(O)C(O)C#N. The standard InChI is InChI=1S/C9H9FN2O3/c1-15-9-6(2-5(10)4-12-9)8(14)7(13)3-11/h2,4,7-8,13-14H,1H3. The van der Waals surface area contributed by atoms with Gasteiger partial charge in [0.05, 0.1) is 19.4 Å². The van der Waals surface area contributed by atoms with E-state index in [2.05, 4.69) is 4.98 Å². The summed E-state index contributed by atoms with van der Waals surface area (Å²) in [6.45, 7) is 0. The van der Waals surface area contributed by atoms with Crippen molar-refractivity contribution in [2.75, 3.05) is 7.11 Å². The third kappa shape index (κ3) is 2.40. The molecular weight excluding hydrogens is 203 g/mol. The summed E-state index contributed by atoms with van der Waals surface area (Å²) in [6.07, 6.45) is -2.29. The summed E-state index contributed by atoms with van der Waals surface area (Å²) in [5.41, 5.74) is -0.0634. The van der Waals surface area contributed by atoms with Crippen molar-refractivity contribution < 1.29 is 19.3 Å². The van der Waals surface area contributed by atoms with E-state index in [4.69, 9.17) is 15.1 Å². The third-order valence-corrected chi connectivity index (χ3v) is 1.79. The number of aliphatic hydroxyl groups excluding tert-OH is 2. The molecule has 0 spiro atoms. The second-order valence-electron chi connectivity index (χ2n) is 2.77. The highest BCUT2D eigenvalue weighted by molar-refractivity contribution is 5.30. The average molecular weight is 212 g/mol. The van der Waals surface area contributed by atoms with Crippen LogP contribution < -0.4 is 4.74 Å². The fraction of sp³-hybridized carbons (Fsp3) is 0.333. The number of rotatable bonds is 3. The first-order valence-corrected chi connectivity index (χ1v) is 4.05. The summed E-state index contributed by atoms with van der Waals surface area (Å²) < 4.78 is 17.6. The van der Waals surface area contributed by atoms with Crippen molar-refractivity contribution in [3.8, 4) is 11.9 Å². The fourth-order valence-corrected chi connectivity index (χ4v) is 1.07. The van der Waals surface area contributed by atoms with Gasteiger partial charge in [0.2, 0.25) is 5.88 Å².